The lowest BCUT2D eigenvalue weighted by Gasteiger charge is -2.40. The van der Waals surface area contributed by atoms with Crippen molar-refractivity contribution in [2.45, 2.75) is 76.1 Å². The number of benzene rings is 4. The molecule has 0 saturated carbocycles. The van der Waals surface area contributed by atoms with Crippen molar-refractivity contribution in [2.24, 2.45) is 5.41 Å². The van der Waals surface area contributed by atoms with Crippen LogP contribution in [0.15, 0.2) is 158 Å². The molecule has 3 heterocycles. The number of carbonyl (C=O) groups excluding carboxylic acids is 1. The first-order chi connectivity index (χ1) is 32.2. The highest BCUT2D eigenvalue weighted by Crippen LogP contribution is 2.52. The summed E-state index contributed by atoms with van der Waals surface area (Å²) >= 11 is 0. The van der Waals surface area contributed by atoms with Gasteiger partial charge in [-0.1, -0.05) is 92.7 Å². The quantitative estimate of drug-likeness (QED) is 0.0392. The largest absolute Gasteiger partial charge is 0.497 e. The van der Waals surface area contributed by atoms with E-state index in [1.54, 1.807) is 73.8 Å². The number of hydrogen-bond donors (Lipinski definition) is 1. The molecule has 4 aromatic carbocycles. The van der Waals surface area contributed by atoms with E-state index in [4.69, 9.17) is 28.0 Å². The molecular weight excluding hydrogens is 856 g/mol. The second kappa shape index (κ2) is 22.2. The van der Waals surface area contributed by atoms with Gasteiger partial charge in [0.05, 0.1) is 45.5 Å². The third kappa shape index (κ3) is 10.5. The zero-order valence-corrected chi connectivity index (χ0v) is 38.5. The minimum Gasteiger partial charge on any atom is -0.497 e. The molecule has 1 N–H and O–H groups in total. The van der Waals surface area contributed by atoms with Gasteiger partial charge in [0.15, 0.2) is 0 Å². The van der Waals surface area contributed by atoms with Gasteiger partial charge in [-0.3, -0.25) is 13.7 Å². The maximum atomic E-state index is 13.9. The Labute approximate surface area is 386 Å². The topological polar surface area (TPSA) is 161 Å². The van der Waals surface area contributed by atoms with Crippen LogP contribution in [0.3, 0.4) is 0 Å². The number of nitrogens with zero attached hydrogens (tertiary/aromatic N) is 5. The van der Waals surface area contributed by atoms with Crippen molar-refractivity contribution in [1.82, 2.24) is 18.9 Å². The van der Waals surface area contributed by atoms with Crippen molar-refractivity contribution in [3.05, 3.63) is 186 Å². The SMILES string of the molecule is C=CCC(CC)(CC)C(CC#N)OP(O[C@H]1C[C@H](n2ccc(NC(=O)c3ccccc3)nc2=O)O[C@@H]1COC(c1ccccc1)(c1ccc(OC)cc1)c1ccc(OC)cc1)n1ccnc1. The molecular formula is C51H55N6O8P. The molecule has 1 aliphatic rings. The zero-order chi connectivity index (χ0) is 46.5. The standard InChI is InChI=1S/C51H55N6O8P/c1-6-29-50(7-2,8-3)45(27-30-52)65-66(56-33-31-53-36-56)64-43-34-47(57-32-28-46(55-49(57)59)54-48(58)37-15-11-9-12-16-37)63-44(43)35-62-51(38-17-13-10-14-18-38,39-19-23-41(60-4)24-20-39)40-21-25-42(61-5)26-22-40/h6,9-26,28,31-33,36,43-45,47H,1,7-8,27,29,34-35H2,2-5H3,(H,54,55,58,59)/t43-,44+,45?,47+,66?/m0/s1. The van der Waals surface area contributed by atoms with Gasteiger partial charge in [0.1, 0.15) is 41.6 Å². The summed E-state index contributed by atoms with van der Waals surface area (Å²) in [4.78, 5) is 35.4. The summed E-state index contributed by atoms with van der Waals surface area (Å²) in [6, 6.07) is 38.0. The highest BCUT2D eigenvalue weighted by Gasteiger charge is 2.46. The maximum absolute atomic E-state index is 13.9. The van der Waals surface area contributed by atoms with Crippen molar-refractivity contribution in [3.63, 3.8) is 0 Å². The fraction of sp³-hybridized carbons (Fsp3) is 0.314. The van der Waals surface area contributed by atoms with E-state index in [0.717, 1.165) is 29.5 Å². The highest BCUT2D eigenvalue weighted by molar-refractivity contribution is 7.45. The summed E-state index contributed by atoms with van der Waals surface area (Å²) in [5.41, 5.74) is 0.698. The van der Waals surface area contributed by atoms with E-state index in [2.05, 4.69) is 41.8 Å². The number of ether oxygens (including phenoxy) is 4. The number of aromatic nitrogens is 4. The van der Waals surface area contributed by atoms with E-state index in [-0.39, 0.29) is 30.7 Å². The molecule has 1 amide bonds. The Hall–Kier alpha value is -6.46. The van der Waals surface area contributed by atoms with Gasteiger partial charge in [-0.2, -0.15) is 10.2 Å². The molecule has 1 fully saturated rings. The van der Waals surface area contributed by atoms with Gasteiger partial charge in [-0.25, -0.2) is 9.78 Å². The number of imidazole rings is 1. The molecule has 0 bridgehead atoms. The summed E-state index contributed by atoms with van der Waals surface area (Å²) in [6.45, 7) is 8.19. The molecule has 66 heavy (non-hydrogen) atoms. The molecule has 6 aromatic rings. The van der Waals surface area contributed by atoms with E-state index in [1.165, 1.54) is 4.57 Å². The second-order valence-corrected chi connectivity index (χ2v) is 17.2. The van der Waals surface area contributed by atoms with E-state index >= 15 is 0 Å². The van der Waals surface area contributed by atoms with Gasteiger partial charge in [0.25, 0.3) is 14.4 Å². The Bertz CT molecular complexity index is 2540. The fourth-order valence-corrected chi connectivity index (χ4v) is 10.0. The molecule has 0 radical (unpaired) electrons. The number of allylic oxidation sites excluding steroid dienone is 1. The fourth-order valence-electron chi connectivity index (χ4n) is 8.46. The van der Waals surface area contributed by atoms with Crippen molar-refractivity contribution in [2.75, 3.05) is 26.1 Å². The van der Waals surface area contributed by atoms with E-state index < -0.39 is 50.3 Å². The van der Waals surface area contributed by atoms with Crippen LogP contribution in [0.5, 0.6) is 11.5 Å². The normalized spacial score (nSPS) is 17.0. The monoisotopic (exact) mass is 910 g/mol. The highest BCUT2D eigenvalue weighted by atomic mass is 31.2. The lowest BCUT2D eigenvalue weighted by atomic mass is 9.73. The van der Waals surface area contributed by atoms with Gasteiger partial charge in [0, 0.05) is 36.0 Å². The summed E-state index contributed by atoms with van der Waals surface area (Å²) in [7, 11) is 1.29. The molecule has 0 aliphatic carbocycles. The Morgan fingerprint density at radius 1 is 0.924 bits per heavy atom. The predicted molar refractivity (Wildman–Crippen MR) is 252 cm³/mol. The minimum atomic E-state index is -1.95. The van der Waals surface area contributed by atoms with Crippen LogP contribution < -0.4 is 20.5 Å². The van der Waals surface area contributed by atoms with Gasteiger partial charge in [-0.05, 0) is 78.4 Å². The molecule has 7 rings (SSSR count). The molecule has 0 spiro atoms. The predicted octanol–water partition coefficient (Wildman–Crippen LogP) is 9.85. The molecule has 1 saturated heterocycles. The number of carbonyl (C=O) groups is 1. The second-order valence-electron chi connectivity index (χ2n) is 15.8. The number of nitrogens with one attached hydrogen (secondary N) is 1. The van der Waals surface area contributed by atoms with Gasteiger partial charge >= 0.3 is 5.69 Å². The maximum Gasteiger partial charge on any atom is 0.351 e. The third-order valence-corrected chi connectivity index (χ3v) is 13.8. The summed E-state index contributed by atoms with van der Waals surface area (Å²) in [5.74, 6) is 1.06. The van der Waals surface area contributed by atoms with Crippen LogP contribution in [0.25, 0.3) is 0 Å². The first-order valence-corrected chi connectivity index (χ1v) is 23.0. The lowest BCUT2D eigenvalue weighted by molar-refractivity contribution is -0.0926. The molecule has 15 heteroatoms. The summed E-state index contributed by atoms with van der Waals surface area (Å²) < 4.78 is 42.5. The average Bonchev–Trinajstić information content (AvgIpc) is 4.05. The number of hydrogen-bond acceptors (Lipinski definition) is 11. The third-order valence-electron chi connectivity index (χ3n) is 12.3. The summed E-state index contributed by atoms with van der Waals surface area (Å²) in [6.07, 6.45) is 8.02. The minimum absolute atomic E-state index is 0.0272. The Balaban J connectivity index is 1.28. The van der Waals surface area contributed by atoms with Crippen molar-refractivity contribution < 1.29 is 32.8 Å². The number of amides is 1. The lowest BCUT2D eigenvalue weighted by Crippen LogP contribution is -2.39. The van der Waals surface area contributed by atoms with Gasteiger partial charge in [0.2, 0.25) is 0 Å². The first-order valence-electron chi connectivity index (χ1n) is 21.9. The molecule has 14 nitrogen and oxygen atoms in total. The van der Waals surface area contributed by atoms with Gasteiger partial charge in [-0.15, -0.1) is 6.58 Å². The molecule has 2 aromatic heterocycles. The first kappa shape index (κ1) is 47.5. The van der Waals surface area contributed by atoms with Crippen LogP contribution in [0.2, 0.25) is 0 Å². The van der Waals surface area contributed by atoms with Crippen LogP contribution in [0.1, 0.15) is 79.2 Å². The Kier molecular flexibility index (Phi) is 15.9. The molecule has 2 unspecified atom stereocenters. The number of anilines is 1. The van der Waals surface area contributed by atoms with Crippen molar-refractivity contribution in [1.29, 1.82) is 5.26 Å². The molecule has 342 valence electrons. The Morgan fingerprint density at radius 3 is 2.09 bits per heavy atom. The number of methoxy groups -OCH3 is 2. The van der Waals surface area contributed by atoms with Crippen LogP contribution in [0.4, 0.5) is 5.82 Å². The Morgan fingerprint density at radius 2 is 1.55 bits per heavy atom. The summed E-state index contributed by atoms with van der Waals surface area (Å²) in [5, 5.41) is 12.8. The van der Waals surface area contributed by atoms with Crippen LogP contribution in [-0.4, -0.2) is 63.9 Å². The zero-order valence-electron chi connectivity index (χ0n) is 37.6. The number of rotatable bonds is 22. The van der Waals surface area contributed by atoms with Crippen LogP contribution in [0, 0.1) is 16.7 Å². The van der Waals surface area contributed by atoms with E-state index in [9.17, 15) is 14.9 Å². The average molecular weight is 911 g/mol. The van der Waals surface area contributed by atoms with E-state index in [0.29, 0.717) is 23.5 Å². The number of nitriles is 1. The van der Waals surface area contributed by atoms with Crippen molar-refractivity contribution in [3.8, 4) is 17.6 Å². The van der Waals surface area contributed by atoms with E-state index in [1.807, 2.05) is 91.0 Å². The smallest absolute Gasteiger partial charge is 0.351 e. The molecule has 5 atom stereocenters. The van der Waals surface area contributed by atoms with Gasteiger partial charge < -0.3 is 33.3 Å². The molecule has 1 aliphatic heterocycles. The van der Waals surface area contributed by atoms with Crippen LogP contribution >= 0.6 is 8.53 Å². The van der Waals surface area contributed by atoms with Crippen LogP contribution in [-0.2, 0) is 24.1 Å². The van der Waals surface area contributed by atoms with Crippen molar-refractivity contribution >= 4 is 20.3 Å².